The minimum absolute atomic E-state index is 0.0252. The Morgan fingerprint density at radius 1 is 1.47 bits per heavy atom. The normalized spacial score (nSPS) is 18.1. The number of hydrogen-bond acceptors (Lipinski definition) is 2. The van der Waals surface area contributed by atoms with Crippen molar-refractivity contribution in [3.8, 4) is 11.1 Å². The van der Waals surface area contributed by atoms with E-state index in [1.807, 2.05) is 36.7 Å². The highest BCUT2D eigenvalue weighted by Gasteiger charge is 2.22. The first kappa shape index (κ1) is 12.2. The summed E-state index contributed by atoms with van der Waals surface area (Å²) < 4.78 is 1.99. The lowest BCUT2D eigenvalue weighted by molar-refractivity contribution is 0.0906. The predicted molar refractivity (Wildman–Crippen MR) is 74.3 cm³/mol. The molecule has 1 aliphatic rings. The summed E-state index contributed by atoms with van der Waals surface area (Å²) >= 11 is 5.95. The second-order valence-electron chi connectivity index (χ2n) is 4.96. The molecule has 0 radical (unpaired) electrons. The quantitative estimate of drug-likeness (QED) is 0.814. The summed E-state index contributed by atoms with van der Waals surface area (Å²) in [5.41, 5.74) is 3.75. The number of carbonyl (C=O) groups excluding carboxylic acids is 1. The van der Waals surface area contributed by atoms with Crippen molar-refractivity contribution < 1.29 is 4.79 Å². The SMILES string of the molecule is Cc1cnc(Cl)cc1-c1cc2n(c1)CC(C)NC2=O. The summed E-state index contributed by atoms with van der Waals surface area (Å²) in [5, 5.41) is 3.39. The van der Waals surface area contributed by atoms with Crippen LogP contribution in [0.4, 0.5) is 0 Å². The zero-order valence-corrected chi connectivity index (χ0v) is 11.5. The Morgan fingerprint density at radius 3 is 3.05 bits per heavy atom. The number of fused-ring (bicyclic) bond motifs is 1. The highest BCUT2D eigenvalue weighted by molar-refractivity contribution is 6.29. The van der Waals surface area contributed by atoms with Crippen LogP contribution in [-0.2, 0) is 6.54 Å². The molecule has 1 unspecified atom stereocenters. The topological polar surface area (TPSA) is 46.9 Å². The number of aryl methyl sites for hydroxylation is 1. The Bertz CT molecular complexity index is 663. The van der Waals surface area contributed by atoms with Crippen molar-refractivity contribution in [2.75, 3.05) is 0 Å². The first-order chi connectivity index (χ1) is 9.04. The third-order valence-electron chi connectivity index (χ3n) is 3.36. The van der Waals surface area contributed by atoms with Gasteiger partial charge in [0.1, 0.15) is 10.8 Å². The molecular formula is C14H14ClN3O. The molecule has 0 spiro atoms. The summed E-state index contributed by atoms with van der Waals surface area (Å²) in [5.74, 6) is -0.0252. The van der Waals surface area contributed by atoms with Crippen LogP contribution in [0.5, 0.6) is 0 Å². The van der Waals surface area contributed by atoms with Crippen LogP contribution in [0, 0.1) is 6.92 Å². The predicted octanol–water partition coefficient (Wildman–Crippen LogP) is 2.64. The van der Waals surface area contributed by atoms with Gasteiger partial charge in [-0.05, 0) is 37.1 Å². The lowest BCUT2D eigenvalue weighted by Crippen LogP contribution is -2.41. The summed E-state index contributed by atoms with van der Waals surface area (Å²) in [6.45, 7) is 4.77. The number of halogens is 1. The molecule has 3 rings (SSSR count). The third-order valence-corrected chi connectivity index (χ3v) is 3.56. The molecule has 1 atom stereocenters. The molecule has 2 aromatic rings. The van der Waals surface area contributed by atoms with Crippen LogP contribution in [0.3, 0.4) is 0 Å². The molecule has 0 aromatic carbocycles. The number of hydrogen-bond donors (Lipinski definition) is 1. The fraction of sp³-hybridized carbons (Fsp3) is 0.286. The van der Waals surface area contributed by atoms with Gasteiger partial charge in [-0.25, -0.2) is 4.98 Å². The van der Waals surface area contributed by atoms with Crippen molar-refractivity contribution in [2.24, 2.45) is 0 Å². The van der Waals surface area contributed by atoms with E-state index in [0.717, 1.165) is 23.2 Å². The maximum atomic E-state index is 11.9. The van der Waals surface area contributed by atoms with Gasteiger partial charge in [0.05, 0.1) is 0 Å². The van der Waals surface area contributed by atoms with E-state index in [4.69, 9.17) is 11.6 Å². The highest BCUT2D eigenvalue weighted by atomic mass is 35.5. The van der Waals surface area contributed by atoms with E-state index < -0.39 is 0 Å². The Hall–Kier alpha value is -1.81. The van der Waals surface area contributed by atoms with Crippen molar-refractivity contribution in [1.29, 1.82) is 0 Å². The van der Waals surface area contributed by atoms with E-state index in [1.54, 1.807) is 6.20 Å². The van der Waals surface area contributed by atoms with Gasteiger partial charge in [0, 0.05) is 30.5 Å². The van der Waals surface area contributed by atoms with Gasteiger partial charge in [0.25, 0.3) is 5.91 Å². The highest BCUT2D eigenvalue weighted by Crippen LogP contribution is 2.28. The molecule has 98 valence electrons. The largest absolute Gasteiger partial charge is 0.347 e. The fourth-order valence-corrected chi connectivity index (χ4v) is 2.60. The van der Waals surface area contributed by atoms with E-state index in [1.165, 1.54) is 0 Å². The van der Waals surface area contributed by atoms with Gasteiger partial charge in [-0.1, -0.05) is 11.6 Å². The van der Waals surface area contributed by atoms with Crippen LogP contribution in [0.2, 0.25) is 5.15 Å². The van der Waals surface area contributed by atoms with E-state index in [0.29, 0.717) is 10.8 Å². The van der Waals surface area contributed by atoms with Crippen molar-refractivity contribution in [3.63, 3.8) is 0 Å². The number of rotatable bonds is 1. The van der Waals surface area contributed by atoms with Gasteiger partial charge in [0.2, 0.25) is 0 Å². The Kier molecular flexibility index (Phi) is 2.82. The number of carbonyl (C=O) groups is 1. The van der Waals surface area contributed by atoms with E-state index >= 15 is 0 Å². The van der Waals surface area contributed by atoms with Gasteiger partial charge >= 0.3 is 0 Å². The zero-order chi connectivity index (χ0) is 13.6. The summed E-state index contributed by atoms with van der Waals surface area (Å²) in [6.07, 6.45) is 3.75. The number of nitrogens with zero attached hydrogens (tertiary/aromatic N) is 2. The molecule has 4 nitrogen and oxygen atoms in total. The van der Waals surface area contributed by atoms with E-state index in [9.17, 15) is 4.79 Å². The van der Waals surface area contributed by atoms with Gasteiger partial charge in [-0.3, -0.25) is 4.79 Å². The third kappa shape index (κ3) is 2.12. The average molecular weight is 276 g/mol. The van der Waals surface area contributed by atoms with Crippen molar-refractivity contribution in [3.05, 3.63) is 40.9 Å². The first-order valence-electron chi connectivity index (χ1n) is 6.18. The van der Waals surface area contributed by atoms with Gasteiger partial charge in [0.15, 0.2) is 0 Å². The summed E-state index contributed by atoms with van der Waals surface area (Å²) in [4.78, 5) is 16.0. The zero-order valence-electron chi connectivity index (χ0n) is 10.8. The molecule has 0 aliphatic carbocycles. The molecule has 1 aliphatic heterocycles. The van der Waals surface area contributed by atoms with Gasteiger partial charge in [-0.15, -0.1) is 0 Å². The summed E-state index contributed by atoms with van der Waals surface area (Å²) in [6, 6.07) is 3.89. The number of pyridine rings is 1. The molecule has 0 saturated heterocycles. The van der Waals surface area contributed by atoms with Crippen molar-refractivity contribution in [2.45, 2.75) is 26.4 Å². The van der Waals surface area contributed by atoms with Crippen LogP contribution in [0.15, 0.2) is 24.5 Å². The Labute approximate surface area is 116 Å². The molecule has 5 heteroatoms. The lowest BCUT2D eigenvalue weighted by Gasteiger charge is -2.22. The van der Waals surface area contributed by atoms with Crippen LogP contribution in [0.25, 0.3) is 11.1 Å². The van der Waals surface area contributed by atoms with Crippen molar-refractivity contribution in [1.82, 2.24) is 14.9 Å². The molecular weight excluding hydrogens is 262 g/mol. The maximum absolute atomic E-state index is 11.9. The maximum Gasteiger partial charge on any atom is 0.268 e. The molecule has 0 saturated carbocycles. The van der Waals surface area contributed by atoms with Gasteiger partial charge < -0.3 is 9.88 Å². The van der Waals surface area contributed by atoms with Gasteiger partial charge in [-0.2, -0.15) is 0 Å². The lowest BCUT2D eigenvalue weighted by atomic mass is 10.1. The molecule has 2 aromatic heterocycles. The summed E-state index contributed by atoms with van der Waals surface area (Å²) in [7, 11) is 0. The smallest absolute Gasteiger partial charge is 0.268 e. The molecule has 19 heavy (non-hydrogen) atoms. The van der Waals surface area contributed by atoms with Crippen LogP contribution < -0.4 is 5.32 Å². The number of nitrogens with one attached hydrogen (secondary N) is 1. The molecule has 0 bridgehead atoms. The second kappa shape index (κ2) is 4.38. The van der Waals surface area contributed by atoms with Crippen LogP contribution >= 0.6 is 11.6 Å². The molecule has 3 heterocycles. The number of amides is 1. The van der Waals surface area contributed by atoms with E-state index in [2.05, 4.69) is 10.3 Å². The molecule has 1 amide bonds. The van der Waals surface area contributed by atoms with E-state index in [-0.39, 0.29) is 11.9 Å². The average Bonchev–Trinajstić information content (AvgIpc) is 2.76. The standard InChI is InChI=1S/C14H14ClN3O/c1-8-5-16-13(15)4-11(8)10-3-12-14(19)17-9(2)6-18(12)7-10/h3-5,7,9H,6H2,1-2H3,(H,17,19). The monoisotopic (exact) mass is 275 g/mol. The van der Waals surface area contributed by atoms with Crippen molar-refractivity contribution >= 4 is 17.5 Å². The molecule has 0 fully saturated rings. The molecule has 1 N–H and O–H groups in total. The first-order valence-corrected chi connectivity index (χ1v) is 6.56. The Balaban J connectivity index is 2.10. The minimum Gasteiger partial charge on any atom is -0.347 e. The van der Waals surface area contributed by atoms with Crippen LogP contribution in [0.1, 0.15) is 23.0 Å². The second-order valence-corrected chi connectivity index (χ2v) is 5.35. The Morgan fingerprint density at radius 2 is 2.26 bits per heavy atom. The fourth-order valence-electron chi connectivity index (χ4n) is 2.45. The minimum atomic E-state index is -0.0252. The number of aromatic nitrogens is 2. The van der Waals surface area contributed by atoms with Crippen LogP contribution in [-0.4, -0.2) is 21.5 Å².